The van der Waals surface area contributed by atoms with Gasteiger partial charge in [-0.2, -0.15) is 0 Å². The molecular formula is C25H28FN3O2. The number of aryl methyl sites for hydroxylation is 1. The monoisotopic (exact) mass is 421 g/mol. The number of halogens is 1. The summed E-state index contributed by atoms with van der Waals surface area (Å²) in [6.07, 6.45) is 8.41. The zero-order valence-corrected chi connectivity index (χ0v) is 17.6. The molecule has 31 heavy (non-hydrogen) atoms. The number of nitrogens with zero attached hydrogens (tertiary/aromatic N) is 2. The van der Waals surface area contributed by atoms with Crippen LogP contribution in [0, 0.1) is 11.2 Å². The molecule has 1 amide bonds. The Kier molecular flexibility index (Phi) is 6.77. The molecule has 0 unspecified atom stereocenters. The summed E-state index contributed by atoms with van der Waals surface area (Å²) in [6, 6.07) is 14.7. The van der Waals surface area contributed by atoms with Gasteiger partial charge < -0.3 is 14.6 Å². The smallest absolute Gasteiger partial charge is 0.226 e. The summed E-state index contributed by atoms with van der Waals surface area (Å²) in [5.41, 5.74) is 2.64. The van der Waals surface area contributed by atoms with Crippen LogP contribution >= 0.6 is 0 Å². The van der Waals surface area contributed by atoms with Crippen molar-refractivity contribution in [3.8, 4) is 11.1 Å². The van der Waals surface area contributed by atoms with E-state index in [1.54, 1.807) is 24.7 Å². The quantitative estimate of drug-likeness (QED) is 0.554. The van der Waals surface area contributed by atoms with Crippen LogP contribution < -0.4 is 5.32 Å². The van der Waals surface area contributed by atoms with Gasteiger partial charge in [0.05, 0.1) is 11.7 Å². The third-order valence-electron chi connectivity index (χ3n) is 6.02. The summed E-state index contributed by atoms with van der Waals surface area (Å²) in [5, 5.41) is 3.16. The normalized spacial score (nSPS) is 15.5. The third kappa shape index (κ3) is 5.39. The van der Waals surface area contributed by atoms with Crippen LogP contribution in [0.25, 0.3) is 11.1 Å². The number of hydrogen-bond donors (Lipinski definition) is 1. The van der Waals surface area contributed by atoms with Gasteiger partial charge in [-0.15, -0.1) is 0 Å². The molecule has 0 bridgehead atoms. The second kappa shape index (κ2) is 9.88. The van der Waals surface area contributed by atoms with Gasteiger partial charge >= 0.3 is 0 Å². The van der Waals surface area contributed by atoms with Gasteiger partial charge in [-0.1, -0.05) is 36.4 Å². The van der Waals surface area contributed by atoms with E-state index in [-0.39, 0.29) is 11.7 Å². The average Bonchev–Trinajstić information content (AvgIpc) is 3.31. The zero-order chi connectivity index (χ0) is 21.5. The van der Waals surface area contributed by atoms with Crippen LogP contribution in [0.2, 0.25) is 0 Å². The highest BCUT2D eigenvalue weighted by atomic mass is 19.1. The number of ether oxygens (including phenoxy) is 1. The van der Waals surface area contributed by atoms with Crippen molar-refractivity contribution in [1.82, 2.24) is 14.9 Å². The lowest BCUT2D eigenvalue weighted by Gasteiger charge is -2.36. The Bertz CT molecular complexity index is 980. The summed E-state index contributed by atoms with van der Waals surface area (Å²) in [4.78, 5) is 17.3. The minimum Gasteiger partial charge on any atom is -0.381 e. The van der Waals surface area contributed by atoms with E-state index < -0.39 is 5.41 Å². The average molecular weight is 422 g/mol. The molecule has 1 aliphatic rings. The molecule has 1 saturated heterocycles. The number of aromatic nitrogens is 2. The fourth-order valence-corrected chi connectivity index (χ4v) is 4.21. The topological polar surface area (TPSA) is 56.2 Å². The predicted molar refractivity (Wildman–Crippen MR) is 118 cm³/mol. The van der Waals surface area contributed by atoms with E-state index in [1.807, 2.05) is 22.9 Å². The molecule has 0 spiro atoms. The Labute approximate surface area is 182 Å². The number of nitrogens with one attached hydrogen (secondary N) is 1. The number of hydrogen-bond acceptors (Lipinski definition) is 3. The van der Waals surface area contributed by atoms with Gasteiger partial charge in [0.2, 0.25) is 5.91 Å². The minimum absolute atomic E-state index is 0.105. The number of carbonyl (C=O) groups excluding carboxylic acids is 1. The molecule has 5 nitrogen and oxygen atoms in total. The Hall–Kier alpha value is -2.99. The maximum Gasteiger partial charge on any atom is 0.226 e. The molecule has 1 fully saturated rings. The largest absolute Gasteiger partial charge is 0.381 e. The fourth-order valence-electron chi connectivity index (χ4n) is 4.21. The van der Waals surface area contributed by atoms with Gasteiger partial charge in [-0.3, -0.25) is 4.79 Å². The first kappa shape index (κ1) is 21.2. The van der Waals surface area contributed by atoms with Gasteiger partial charge in [0.15, 0.2) is 0 Å². The van der Waals surface area contributed by atoms with Crippen LogP contribution in [-0.2, 0) is 22.5 Å². The Balaban J connectivity index is 1.44. The Morgan fingerprint density at radius 3 is 2.68 bits per heavy atom. The van der Waals surface area contributed by atoms with E-state index in [1.165, 1.54) is 12.1 Å². The number of imidazole rings is 1. The van der Waals surface area contributed by atoms with E-state index in [2.05, 4.69) is 22.4 Å². The maximum absolute atomic E-state index is 13.3. The summed E-state index contributed by atoms with van der Waals surface area (Å²) < 4.78 is 20.9. The second-order valence-electron chi connectivity index (χ2n) is 8.19. The van der Waals surface area contributed by atoms with E-state index in [4.69, 9.17) is 4.74 Å². The van der Waals surface area contributed by atoms with Crippen molar-refractivity contribution in [2.75, 3.05) is 19.8 Å². The highest BCUT2D eigenvalue weighted by Gasteiger charge is 2.39. The summed E-state index contributed by atoms with van der Waals surface area (Å²) in [5.74, 6) is -0.139. The Morgan fingerprint density at radius 2 is 1.94 bits per heavy atom. The molecule has 6 heteroatoms. The second-order valence-corrected chi connectivity index (χ2v) is 8.19. The summed E-state index contributed by atoms with van der Waals surface area (Å²) in [7, 11) is 0. The molecule has 1 aliphatic heterocycles. The van der Waals surface area contributed by atoms with Crippen LogP contribution in [-0.4, -0.2) is 35.2 Å². The lowest BCUT2D eigenvalue weighted by Crippen LogP contribution is -2.46. The molecule has 0 radical (unpaired) electrons. The third-order valence-corrected chi connectivity index (χ3v) is 6.02. The number of amides is 1. The van der Waals surface area contributed by atoms with Crippen molar-refractivity contribution in [2.24, 2.45) is 5.41 Å². The first-order chi connectivity index (χ1) is 15.1. The lowest BCUT2D eigenvalue weighted by atomic mass is 9.74. The first-order valence-corrected chi connectivity index (χ1v) is 10.8. The highest BCUT2D eigenvalue weighted by molar-refractivity contribution is 5.83. The molecule has 1 aromatic heterocycles. The first-order valence-electron chi connectivity index (χ1n) is 10.8. The summed E-state index contributed by atoms with van der Waals surface area (Å²) >= 11 is 0. The van der Waals surface area contributed by atoms with Gasteiger partial charge in [-0.05, 0) is 54.5 Å². The minimum atomic E-state index is -0.464. The van der Waals surface area contributed by atoms with Gasteiger partial charge in [0, 0.05) is 38.7 Å². The van der Waals surface area contributed by atoms with Crippen LogP contribution in [0.4, 0.5) is 4.39 Å². The number of benzene rings is 2. The maximum atomic E-state index is 13.3. The molecule has 1 N–H and O–H groups in total. The molecule has 2 heterocycles. The van der Waals surface area contributed by atoms with Crippen molar-refractivity contribution < 1.29 is 13.9 Å². The van der Waals surface area contributed by atoms with Crippen LogP contribution in [0.1, 0.15) is 24.8 Å². The zero-order valence-electron chi connectivity index (χ0n) is 17.6. The summed E-state index contributed by atoms with van der Waals surface area (Å²) in [6.45, 7) is 2.66. The molecular weight excluding hydrogens is 393 g/mol. The van der Waals surface area contributed by atoms with Gasteiger partial charge in [-0.25, -0.2) is 9.37 Å². The van der Waals surface area contributed by atoms with E-state index >= 15 is 0 Å². The van der Waals surface area contributed by atoms with Crippen molar-refractivity contribution in [3.05, 3.63) is 78.6 Å². The molecule has 4 rings (SSSR count). The molecule has 0 aliphatic carbocycles. The molecule has 162 valence electrons. The number of rotatable bonds is 8. The highest BCUT2D eigenvalue weighted by Crippen LogP contribution is 2.35. The molecule has 2 aromatic carbocycles. The standard InChI is InChI=1S/C25H28FN3O2/c26-23-7-5-21(6-8-23)22-4-1-3-20(17-22)18-25(9-15-31-16-10-25)24(30)28-11-2-13-29-14-12-27-19-29/h1,3-8,12,14,17,19H,2,9-11,13,15-16,18H2,(H,28,30). The predicted octanol–water partition coefficient (Wildman–Crippen LogP) is 4.24. The van der Waals surface area contributed by atoms with Crippen LogP contribution in [0.3, 0.4) is 0 Å². The fraction of sp³-hybridized carbons (Fsp3) is 0.360. The van der Waals surface area contributed by atoms with Crippen LogP contribution in [0.5, 0.6) is 0 Å². The van der Waals surface area contributed by atoms with E-state index in [0.717, 1.165) is 29.7 Å². The lowest BCUT2D eigenvalue weighted by molar-refractivity contribution is -0.136. The number of carbonyl (C=O) groups is 1. The Morgan fingerprint density at radius 1 is 1.13 bits per heavy atom. The van der Waals surface area contributed by atoms with E-state index in [0.29, 0.717) is 39.0 Å². The molecule has 3 aromatic rings. The van der Waals surface area contributed by atoms with E-state index in [9.17, 15) is 9.18 Å². The molecule has 0 saturated carbocycles. The van der Waals surface area contributed by atoms with Gasteiger partial charge in [0.25, 0.3) is 0 Å². The van der Waals surface area contributed by atoms with Crippen molar-refractivity contribution in [3.63, 3.8) is 0 Å². The van der Waals surface area contributed by atoms with Crippen molar-refractivity contribution in [2.45, 2.75) is 32.2 Å². The van der Waals surface area contributed by atoms with Crippen molar-refractivity contribution >= 4 is 5.91 Å². The SMILES string of the molecule is O=C(NCCCn1ccnc1)C1(Cc2cccc(-c3ccc(F)cc3)c2)CCOCC1. The molecule has 0 atom stereocenters. The van der Waals surface area contributed by atoms with Crippen molar-refractivity contribution in [1.29, 1.82) is 0 Å². The van der Waals surface area contributed by atoms with Gasteiger partial charge in [0.1, 0.15) is 5.82 Å². The van der Waals surface area contributed by atoms with Crippen LogP contribution in [0.15, 0.2) is 67.3 Å².